The minimum absolute atomic E-state index is 0.101. The normalized spacial score (nSPS) is 27.9. The summed E-state index contributed by atoms with van der Waals surface area (Å²) in [7, 11) is 3.91. The van der Waals surface area contributed by atoms with Crippen LogP contribution in [0.1, 0.15) is 67.3 Å². The average Bonchev–Trinajstić information content (AvgIpc) is 3.78. The fraction of sp³-hybridized carbons (Fsp3) is 0.611. The number of ether oxygens (including phenoxy) is 2. The van der Waals surface area contributed by atoms with Crippen LogP contribution in [0.15, 0.2) is 42.5 Å². The number of fused-ring (bicyclic) bond motifs is 2. The summed E-state index contributed by atoms with van der Waals surface area (Å²) < 4.78 is 12.2. The monoisotopic (exact) mass is 653 g/mol. The highest BCUT2D eigenvalue weighted by molar-refractivity contribution is 5.88. The number of rotatable bonds is 14. The quantitative estimate of drug-likeness (QED) is 0.177. The number of nitrogens with zero attached hydrogens (tertiary/aromatic N) is 1. The van der Waals surface area contributed by atoms with Crippen LogP contribution in [0.3, 0.4) is 0 Å². The maximum absolute atomic E-state index is 12.7. The molecule has 5 rings (SSSR count). The Morgan fingerprint density at radius 2 is 1.72 bits per heavy atom. The van der Waals surface area contributed by atoms with E-state index in [1.165, 1.54) is 13.8 Å². The lowest BCUT2D eigenvalue weighted by Crippen LogP contribution is -2.70. The van der Waals surface area contributed by atoms with E-state index in [0.29, 0.717) is 31.4 Å². The minimum atomic E-state index is -1.74. The number of benzene rings is 2. The van der Waals surface area contributed by atoms with Gasteiger partial charge in [-0.3, -0.25) is 9.59 Å². The van der Waals surface area contributed by atoms with Gasteiger partial charge in [0.2, 0.25) is 17.6 Å². The van der Waals surface area contributed by atoms with Crippen LogP contribution < -0.4 is 10.6 Å². The van der Waals surface area contributed by atoms with Crippen molar-refractivity contribution in [2.24, 2.45) is 5.92 Å². The predicted octanol–water partition coefficient (Wildman–Crippen LogP) is 1.29. The Morgan fingerprint density at radius 3 is 2.36 bits per heavy atom. The molecule has 2 aromatic rings. The molecule has 47 heavy (non-hydrogen) atoms. The lowest BCUT2D eigenvalue weighted by atomic mass is 9.75. The van der Waals surface area contributed by atoms with Gasteiger partial charge in [-0.25, -0.2) is 0 Å². The number of carbonyl (C=O) groups excluding carboxylic acids is 2. The second-order valence-corrected chi connectivity index (χ2v) is 14.4. The summed E-state index contributed by atoms with van der Waals surface area (Å²) in [5.74, 6) is -1.72. The Kier molecular flexibility index (Phi) is 10.5. The summed E-state index contributed by atoms with van der Waals surface area (Å²) in [4.78, 5) is 27.3. The van der Waals surface area contributed by atoms with E-state index in [9.17, 15) is 30.0 Å². The molecule has 3 aliphatic rings. The van der Waals surface area contributed by atoms with Gasteiger partial charge in [0, 0.05) is 25.1 Å². The van der Waals surface area contributed by atoms with Gasteiger partial charge in [0.05, 0.1) is 12.2 Å². The van der Waals surface area contributed by atoms with Crippen molar-refractivity contribution in [3.8, 4) is 0 Å². The van der Waals surface area contributed by atoms with Gasteiger partial charge in [-0.05, 0) is 101 Å². The fourth-order valence-electron chi connectivity index (χ4n) is 6.65. The summed E-state index contributed by atoms with van der Waals surface area (Å²) in [5, 5.41) is 49.4. The van der Waals surface area contributed by atoms with Crippen molar-refractivity contribution in [3.05, 3.63) is 70.3 Å². The number of carbonyl (C=O) groups is 2. The lowest BCUT2D eigenvalue weighted by molar-refractivity contribution is -0.348. The van der Waals surface area contributed by atoms with E-state index >= 15 is 0 Å². The Hall–Kier alpha value is -2.90. The second-order valence-electron chi connectivity index (χ2n) is 14.4. The molecule has 2 bridgehead atoms. The highest BCUT2D eigenvalue weighted by Gasteiger charge is 2.71. The van der Waals surface area contributed by atoms with Crippen molar-refractivity contribution >= 4 is 11.8 Å². The van der Waals surface area contributed by atoms with Crippen LogP contribution in [0.25, 0.3) is 0 Å². The molecule has 0 aromatic heterocycles. The molecule has 2 saturated heterocycles. The van der Waals surface area contributed by atoms with Gasteiger partial charge in [0.15, 0.2) is 5.60 Å². The first-order chi connectivity index (χ1) is 22.2. The number of likely N-dealkylation sites (N-methyl/N-ethyl adjacent to an activating group) is 1. The van der Waals surface area contributed by atoms with Crippen LogP contribution in [-0.2, 0) is 37.7 Å². The number of hydrogen-bond donors (Lipinski definition) is 6. The number of aliphatic hydroxyl groups is 4. The average molecular weight is 654 g/mol. The van der Waals surface area contributed by atoms with E-state index in [2.05, 4.69) is 34.9 Å². The first kappa shape index (κ1) is 35.4. The van der Waals surface area contributed by atoms with Crippen LogP contribution in [0.2, 0.25) is 0 Å². The molecule has 2 aliphatic heterocycles. The highest BCUT2D eigenvalue weighted by atomic mass is 16.8. The van der Waals surface area contributed by atoms with Crippen molar-refractivity contribution < 1.29 is 39.5 Å². The number of nitrogens with one attached hydrogen (secondary N) is 2. The Labute approximate surface area is 277 Å². The van der Waals surface area contributed by atoms with Gasteiger partial charge in [-0.1, -0.05) is 36.4 Å². The van der Waals surface area contributed by atoms with Crippen molar-refractivity contribution in [1.82, 2.24) is 15.5 Å². The molecular weight excluding hydrogens is 602 g/mol. The molecule has 1 aliphatic carbocycles. The SMILES string of the molecule is Cc1ccc([C@]23OC[C@](C(C)(C)O)(O2)[C@@H](O)[C@H](O)[C@H]3O)cc1Cc1ccc(CCCC(=O)N[C@@H](C(=O)NCCN(C)C)C2CC2)cc1. The minimum Gasteiger partial charge on any atom is -0.387 e. The number of aliphatic hydroxyl groups excluding tert-OH is 3. The third-order valence-electron chi connectivity index (χ3n) is 9.97. The zero-order valence-electron chi connectivity index (χ0n) is 28.2. The van der Waals surface area contributed by atoms with E-state index in [0.717, 1.165) is 48.1 Å². The summed E-state index contributed by atoms with van der Waals surface area (Å²) in [6, 6.07) is 13.3. The topological polar surface area (TPSA) is 161 Å². The molecule has 6 atom stereocenters. The van der Waals surface area contributed by atoms with Crippen molar-refractivity contribution in [2.75, 3.05) is 33.8 Å². The van der Waals surface area contributed by atoms with E-state index in [-0.39, 0.29) is 24.3 Å². The van der Waals surface area contributed by atoms with Gasteiger partial charge in [-0.2, -0.15) is 0 Å². The lowest BCUT2D eigenvalue weighted by Gasteiger charge is -2.50. The fourth-order valence-corrected chi connectivity index (χ4v) is 6.65. The molecule has 1 saturated carbocycles. The van der Waals surface area contributed by atoms with Crippen LogP contribution in [0.4, 0.5) is 0 Å². The van der Waals surface area contributed by atoms with E-state index in [1.54, 1.807) is 6.07 Å². The molecule has 11 nitrogen and oxygen atoms in total. The van der Waals surface area contributed by atoms with Gasteiger partial charge in [-0.15, -0.1) is 0 Å². The maximum Gasteiger partial charge on any atom is 0.242 e. The molecule has 6 N–H and O–H groups in total. The molecule has 0 spiro atoms. The Bertz CT molecular complexity index is 1420. The molecular formula is C36H51N3O8. The maximum atomic E-state index is 12.7. The van der Waals surface area contributed by atoms with E-state index in [4.69, 9.17) is 9.47 Å². The molecule has 258 valence electrons. The molecule has 0 radical (unpaired) electrons. The smallest absolute Gasteiger partial charge is 0.242 e. The van der Waals surface area contributed by atoms with Crippen LogP contribution in [-0.4, -0.2) is 106 Å². The van der Waals surface area contributed by atoms with E-state index < -0.39 is 41.3 Å². The second kappa shape index (κ2) is 13.9. The van der Waals surface area contributed by atoms with Gasteiger partial charge in [0.25, 0.3) is 0 Å². The van der Waals surface area contributed by atoms with Gasteiger partial charge < -0.3 is 45.4 Å². The Morgan fingerprint density at radius 1 is 1.04 bits per heavy atom. The molecule has 0 unspecified atom stereocenters. The zero-order valence-corrected chi connectivity index (χ0v) is 28.2. The van der Waals surface area contributed by atoms with Crippen molar-refractivity contribution in [2.45, 2.75) is 101 Å². The van der Waals surface area contributed by atoms with Gasteiger partial charge in [0.1, 0.15) is 24.4 Å². The van der Waals surface area contributed by atoms with Crippen molar-refractivity contribution in [1.29, 1.82) is 0 Å². The predicted molar refractivity (Wildman–Crippen MR) is 175 cm³/mol. The molecule has 2 amide bonds. The van der Waals surface area contributed by atoms with Crippen molar-refractivity contribution in [3.63, 3.8) is 0 Å². The summed E-state index contributed by atoms with van der Waals surface area (Å²) >= 11 is 0. The summed E-state index contributed by atoms with van der Waals surface area (Å²) in [6.45, 7) is 6.06. The number of amides is 2. The zero-order chi connectivity index (χ0) is 34.1. The highest BCUT2D eigenvalue weighted by Crippen LogP contribution is 2.53. The van der Waals surface area contributed by atoms with Crippen LogP contribution in [0.5, 0.6) is 0 Å². The first-order valence-electron chi connectivity index (χ1n) is 16.7. The first-order valence-corrected chi connectivity index (χ1v) is 16.7. The largest absolute Gasteiger partial charge is 0.387 e. The van der Waals surface area contributed by atoms with Gasteiger partial charge >= 0.3 is 0 Å². The molecule has 3 fully saturated rings. The molecule has 2 aromatic carbocycles. The Balaban J connectivity index is 1.18. The van der Waals surface area contributed by atoms with Crippen LogP contribution >= 0.6 is 0 Å². The third-order valence-corrected chi connectivity index (χ3v) is 9.97. The third kappa shape index (κ3) is 7.41. The summed E-state index contributed by atoms with van der Waals surface area (Å²) in [5.41, 5.74) is 1.48. The van der Waals surface area contributed by atoms with E-state index in [1.807, 2.05) is 38.1 Å². The molecule has 11 heteroatoms. The number of hydrogen-bond acceptors (Lipinski definition) is 9. The van der Waals surface area contributed by atoms with Crippen LogP contribution in [0, 0.1) is 12.8 Å². The summed E-state index contributed by atoms with van der Waals surface area (Å²) in [6.07, 6.45) is -0.438. The number of aryl methyl sites for hydroxylation is 2. The standard InChI is InChI=1S/C36H51N3O8/c1-22-9-16-27(36-32(43)30(41)31(42)35(47-36,21-46-36)34(2,3)45)20-26(22)19-24-12-10-23(11-13-24)7-6-8-28(40)38-29(25-14-15-25)33(44)37-17-18-39(4)5/h9-13,16,20,25,29-32,41-43,45H,6-8,14-15,17-19,21H2,1-5H3,(H,37,44)(H,38,40)/t29-,30+,31+,32-,35+,36+/m1/s1. The molecule has 2 heterocycles.